The van der Waals surface area contributed by atoms with Gasteiger partial charge in [-0.2, -0.15) is 0 Å². The number of anilines is 2. The van der Waals surface area contributed by atoms with E-state index in [1.54, 1.807) is 17.6 Å². The number of hydrogen-bond acceptors (Lipinski definition) is 6. The van der Waals surface area contributed by atoms with Crippen molar-refractivity contribution in [3.63, 3.8) is 0 Å². The van der Waals surface area contributed by atoms with E-state index in [2.05, 4.69) is 15.5 Å². The van der Waals surface area contributed by atoms with Crippen LogP contribution >= 0.6 is 0 Å². The van der Waals surface area contributed by atoms with Gasteiger partial charge in [0.1, 0.15) is 11.6 Å². The smallest absolute Gasteiger partial charge is 0.407 e. The minimum absolute atomic E-state index is 0.0740. The van der Waals surface area contributed by atoms with Crippen LogP contribution in [0.3, 0.4) is 0 Å². The van der Waals surface area contributed by atoms with E-state index in [1.165, 1.54) is 0 Å². The molecule has 3 rings (SSSR count). The number of carbonyl (C=O) groups excluding carboxylic acids is 3. The van der Waals surface area contributed by atoms with Crippen molar-refractivity contribution in [3.05, 3.63) is 59.7 Å². The second-order valence-electron chi connectivity index (χ2n) is 9.21. The number of benzene rings is 2. The molecule has 3 amide bonds. The Balaban J connectivity index is 1.65. The Hall–Kier alpha value is -3.59. The minimum Gasteiger partial charge on any atom is -0.444 e. The van der Waals surface area contributed by atoms with Crippen LogP contribution in [-0.2, 0) is 16.1 Å². The van der Waals surface area contributed by atoms with Crippen LogP contribution in [0, 0.1) is 0 Å². The number of fused-ring (bicyclic) bond motifs is 1. The molecular weight excluding hydrogens is 436 g/mol. The van der Waals surface area contributed by atoms with Gasteiger partial charge in [-0.05, 0) is 69.9 Å². The van der Waals surface area contributed by atoms with Crippen molar-refractivity contribution in [3.8, 4) is 0 Å². The number of carbonyl (C=O) groups is 3. The molecule has 0 aromatic heterocycles. The molecule has 0 spiro atoms. The van der Waals surface area contributed by atoms with Gasteiger partial charge in [-0.15, -0.1) is 0 Å². The number of alkyl carbamates (subject to hydrolysis) is 1. The van der Waals surface area contributed by atoms with Gasteiger partial charge in [0, 0.05) is 18.7 Å². The van der Waals surface area contributed by atoms with E-state index in [0.29, 0.717) is 31.5 Å². The molecular formula is C25H32N4O5. The van der Waals surface area contributed by atoms with Gasteiger partial charge < -0.3 is 20.3 Å². The van der Waals surface area contributed by atoms with Crippen molar-refractivity contribution < 1.29 is 24.3 Å². The van der Waals surface area contributed by atoms with Crippen molar-refractivity contribution in [2.24, 2.45) is 0 Å². The number of amides is 3. The predicted molar refractivity (Wildman–Crippen MR) is 129 cm³/mol. The normalized spacial score (nSPS) is 15.2. The number of unbranched alkanes of at least 4 members (excludes halogenated alkanes) is 1. The topological polar surface area (TPSA) is 120 Å². The summed E-state index contributed by atoms with van der Waals surface area (Å²) in [6, 6.07) is 14.2. The highest BCUT2D eigenvalue weighted by molar-refractivity contribution is 6.03. The van der Waals surface area contributed by atoms with E-state index in [-0.39, 0.29) is 11.9 Å². The Morgan fingerprint density at radius 3 is 2.47 bits per heavy atom. The third kappa shape index (κ3) is 6.71. The number of nitrogens with zero attached hydrogens (tertiary/aromatic N) is 1. The fraction of sp³-hybridized carbons (Fsp3) is 0.400. The number of hydrogen-bond donors (Lipinski definition) is 4. The van der Waals surface area contributed by atoms with E-state index in [0.717, 1.165) is 23.4 Å². The molecule has 0 fully saturated rings. The number of ether oxygens (including phenoxy) is 1. The second kappa shape index (κ2) is 11.0. The monoisotopic (exact) mass is 468 g/mol. The first-order valence-electron chi connectivity index (χ1n) is 11.3. The molecule has 0 unspecified atom stereocenters. The zero-order valence-electron chi connectivity index (χ0n) is 19.8. The molecule has 1 aliphatic heterocycles. The molecule has 1 atom stereocenters. The van der Waals surface area contributed by atoms with E-state index in [1.807, 2.05) is 57.2 Å². The summed E-state index contributed by atoms with van der Waals surface area (Å²) in [4.78, 5) is 38.4. The molecule has 0 saturated heterocycles. The lowest BCUT2D eigenvalue weighted by Gasteiger charge is -2.38. The molecule has 1 heterocycles. The Kier molecular flexibility index (Phi) is 8.12. The molecule has 182 valence electrons. The third-order valence-corrected chi connectivity index (χ3v) is 5.39. The molecule has 0 bridgehead atoms. The molecule has 0 aliphatic carbocycles. The van der Waals surface area contributed by atoms with E-state index in [9.17, 15) is 14.4 Å². The van der Waals surface area contributed by atoms with Gasteiger partial charge in [0.2, 0.25) is 5.91 Å². The summed E-state index contributed by atoms with van der Waals surface area (Å²) >= 11 is 0. The lowest BCUT2D eigenvalue weighted by Crippen LogP contribution is -2.47. The predicted octanol–water partition coefficient (Wildman–Crippen LogP) is 3.83. The Morgan fingerprint density at radius 2 is 1.79 bits per heavy atom. The summed E-state index contributed by atoms with van der Waals surface area (Å²) in [5, 5.41) is 14.5. The van der Waals surface area contributed by atoms with Gasteiger partial charge in [0.25, 0.3) is 5.91 Å². The summed E-state index contributed by atoms with van der Waals surface area (Å²) in [7, 11) is 0. The molecule has 2 aromatic rings. The number of rotatable bonds is 8. The van der Waals surface area contributed by atoms with Gasteiger partial charge in [-0.25, -0.2) is 10.3 Å². The molecule has 1 aliphatic rings. The maximum atomic E-state index is 12.9. The highest BCUT2D eigenvalue weighted by atomic mass is 16.6. The first kappa shape index (κ1) is 25.0. The fourth-order valence-electron chi connectivity index (χ4n) is 3.83. The lowest BCUT2D eigenvalue weighted by atomic mass is 10.0. The quantitative estimate of drug-likeness (QED) is 0.266. The lowest BCUT2D eigenvalue weighted by molar-refractivity contribution is -0.117. The molecule has 0 saturated carbocycles. The van der Waals surface area contributed by atoms with Gasteiger partial charge in [0.05, 0.1) is 11.4 Å². The van der Waals surface area contributed by atoms with Gasteiger partial charge in [-0.3, -0.25) is 14.8 Å². The SMILES string of the molecule is CC(C)(C)OC(=O)NCCCC[C@@H]1C(=O)Nc2ccccc2N1Cc1ccc(C(=O)NO)cc1. The largest absolute Gasteiger partial charge is 0.444 e. The Labute approximate surface area is 199 Å². The summed E-state index contributed by atoms with van der Waals surface area (Å²) in [5.41, 5.74) is 4.03. The van der Waals surface area contributed by atoms with Crippen LogP contribution in [0.1, 0.15) is 56.0 Å². The van der Waals surface area contributed by atoms with Crippen LogP contribution in [0.25, 0.3) is 0 Å². The van der Waals surface area contributed by atoms with Crippen LogP contribution in [0.5, 0.6) is 0 Å². The van der Waals surface area contributed by atoms with Crippen LogP contribution in [0.15, 0.2) is 48.5 Å². The Bertz CT molecular complexity index is 1020. The Morgan fingerprint density at radius 1 is 1.09 bits per heavy atom. The van der Waals surface area contributed by atoms with Crippen LogP contribution in [-0.4, -0.2) is 41.3 Å². The van der Waals surface area contributed by atoms with Crippen molar-refractivity contribution >= 4 is 29.3 Å². The van der Waals surface area contributed by atoms with Crippen molar-refractivity contribution in [2.75, 3.05) is 16.8 Å². The minimum atomic E-state index is -0.577. The molecule has 0 radical (unpaired) electrons. The van der Waals surface area contributed by atoms with Crippen LogP contribution in [0.4, 0.5) is 16.2 Å². The number of para-hydroxylation sites is 2. The summed E-state index contributed by atoms with van der Waals surface area (Å²) in [6.07, 6.45) is 1.61. The highest BCUT2D eigenvalue weighted by Crippen LogP contribution is 2.34. The number of nitrogens with one attached hydrogen (secondary N) is 3. The van der Waals surface area contributed by atoms with Gasteiger partial charge in [-0.1, -0.05) is 24.3 Å². The first-order chi connectivity index (χ1) is 16.2. The second-order valence-corrected chi connectivity index (χ2v) is 9.21. The van der Waals surface area contributed by atoms with Gasteiger partial charge in [0.15, 0.2) is 0 Å². The third-order valence-electron chi connectivity index (χ3n) is 5.39. The van der Waals surface area contributed by atoms with Crippen LogP contribution < -0.4 is 21.0 Å². The molecule has 4 N–H and O–H groups in total. The maximum Gasteiger partial charge on any atom is 0.407 e. The first-order valence-corrected chi connectivity index (χ1v) is 11.3. The zero-order chi connectivity index (χ0) is 24.7. The number of hydroxylamine groups is 1. The average Bonchev–Trinajstić information content (AvgIpc) is 2.79. The highest BCUT2D eigenvalue weighted by Gasteiger charge is 2.32. The average molecular weight is 469 g/mol. The summed E-state index contributed by atoms with van der Waals surface area (Å²) in [6.45, 7) is 6.39. The van der Waals surface area contributed by atoms with Crippen molar-refractivity contribution in [1.29, 1.82) is 0 Å². The maximum absolute atomic E-state index is 12.9. The molecule has 34 heavy (non-hydrogen) atoms. The summed E-state index contributed by atoms with van der Waals surface area (Å²) in [5.74, 6) is -0.651. The van der Waals surface area contributed by atoms with E-state index >= 15 is 0 Å². The summed E-state index contributed by atoms with van der Waals surface area (Å²) < 4.78 is 5.24. The zero-order valence-corrected chi connectivity index (χ0v) is 19.8. The fourth-order valence-corrected chi connectivity index (χ4v) is 3.83. The molecule has 9 heteroatoms. The van der Waals surface area contributed by atoms with Gasteiger partial charge >= 0.3 is 6.09 Å². The van der Waals surface area contributed by atoms with E-state index < -0.39 is 17.6 Å². The van der Waals surface area contributed by atoms with Crippen molar-refractivity contribution in [1.82, 2.24) is 10.8 Å². The van der Waals surface area contributed by atoms with Crippen molar-refractivity contribution in [2.45, 2.75) is 58.2 Å². The standard InChI is InChI=1S/C25H32N4O5/c1-25(2,3)34-24(32)26-15-7-6-10-21-23(31)27-19-8-4-5-9-20(19)29(21)16-17-11-13-18(14-12-17)22(30)28-33/h4-5,8-9,11-14,21,33H,6-7,10,15-16H2,1-3H3,(H,26,32)(H,27,31)(H,28,30)/t21-/m1/s1. The molecule has 2 aromatic carbocycles. The van der Waals surface area contributed by atoms with Crippen LogP contribution in [0.2, 0.25) is 0 Å². The molecule has 9 nitrogen and oxygen atoms in total. The van der Waals surface area contributed by atoms with E-state index in [4.69, 9.17) is 9.94 Å².